The summed E-state index contributed by atoms with van der Waals surface area (Å²) in [7, 11) is -3.91. The first-order valence-electron chi connectivity index (χ1n) is 11.6. The molecule has 0 saturated heterocycles. The quantitative estimate of drug-likeness (QED) is 0.276. The number of aliphatic hydroxyl groups excluding tert-OH is 1. The van der Waals surface area contributed by atoms with Crippen molar-refractivity contribution in [1.82, 2.24) is 0 Å². The van der Waals surface area contributed by atoms with E-state index in [2.05, 4.69) is 0 Å². The predicted molar refractivity (Wildman–Crippen MR) is 133 cm³/mol. The minimum atomic E-state index is -3.91. The maximum atomic E-state index is 13.4. The maximum absolute atomic E-state index is 13.4. The van der Waals surface area contributed by atoms with E-state index >= 15 is 0 Å². The molecule has 1 aliphatic rings. The van der Waals surface area contributed by atoms with Crippen LogP contribution in [0.3, 0.4) is 0 Å². The molecule has 0 fully saturated rings. The third-order valence-electron chi connectivity index (χ3n) is 6.56. The van der Waals surface area contributed by atoms with Crippen molar-refractivity contribution < 1.29 is 27.2 Å². The van der Waals surface area contributed by atoms with Crippen molar-refractivity contribution in [3.8, 4) is 0 Å². The summed E-state index contributed by atoms with van der Waals surface area (Å²) in [5.74, 6) is -0.960. The van der Waals surface area contributed by atoms with E-state index in [1.165, 1.54) is 12.1 Å². The Balaban J connectivity index is 1.48. The fraction of sp³-hybridized carbons (Fsp3) is 0.321. The molecule has 1 aliphatic carbocycles. The van der Waals surface area contributed by atoms with E-state index in [1.54, 1.807) is 12.1 Å². The van der Waals surface area contributed by atoms with E-state index in [9.17, 15) is 18.3 Å². The van der Waals surface area contributed by atoms with Crippen molar-refractivity contribution in [3.63, 3.8) is 0 Å². The molecule has 1 unspecified atom stereocenters. The molecule has 184 valence electrons. The van der Waals surface area contributed by atoms with Crippen molar-refractivity contribution in [1.29, 1.82) is 0 Å². The van der Waals surface area contributed by atoms with Gasteiger partial charge in [0.1, 0.15) is 6.10 Å². The Morgan fingerprint density at radius 1 is 0.857 bits per heavy atom. The zero-order chi connectivity index (χ0) is 25.2. The highest BCUT2D eigenvalue weighted by Gasteiger charge is 2.43. The predicted octanol–water partition coefficient (Wildman–Crippen LogP) is 4.74. The number of aliphatic hydroxyl groups is 1. The lowest BCUT2D eigenvalue weighted by atomic mass is 9.70. The number of hydrogen-bond donors (Lipinski definition) is 1. The van der Waals surface area contributed by atoms with Gasteiger partial charge in [-0.2, -0.15) is 8.42 Å². The molecule has 6 nitrogen and oxygen atoms in total. The summed E-state index contributed by atoms with van der Waals surface area (Å²) in [5.41, 5.74) is 4.16. The highest BCUT2D eigenvalue weighted by molar-refractivity contribution is 7.86. The zero-order valence-electron chi connectivity index (χ0n) is 20.0. The molecule has 0 radical (unpaired) electrons. The second-order valence-corrected chi connectivity index (χ2v) is 10.7. The lowest BCUT2D eigenvalue weighted by molar-refractivity contribution is -0.0773. The topological polar surface area (TPSA) is 89.9 Å². The molecule has 7 heteroatoms. The van der Waals surface area contributed by atoms with Crippen LogP contribution in [0.4, 0.5) is 0 Å². The van der Waals surface area contributed by atoms with Crippen molar-refractivity contribution >= 4 is 15.9 Å². The third-order valence-corrected chi connectivity index (χ3v) is 7.89. The number of aryl methyl sites for hydroxylation is 2. The monoisotopic (exact) mass is 494 g/mol. The number of hydrogen-bond acceptors (Lipinski definition) is 6. The summed E-state index contributed by atoms with van der Waals surface area (Å²) in [6, 6.07) is 21.3. The molecule has 0 saturated carbocycles. The van der Waals surface area contributed by atoms with Crippen molar-refractivity contribution in [2.75, 3.05) is 13.2 Å². The minimum absolute atomic E-state index is 0.0373. The number of fused-ring (bicyclic) bond motifs is 1. The first kappa shape index (κ1) is 25.3. The van der Waals surface area contributed by atoms with Crippen LogP contribution >= 0.6 is 0 Å². The first-order valence-corrected chi connectivity index (χ1v) is 13.1. The van der Waals surface area contributed by atoms with Crippen molar-refractivity contribution in [2.24, 2.45) is 5.92 Å². The molecular formula is C28H30O6S. The molecule has 4 rings (SSSR count). The maximum Gasteiger partial charge on any atom is 0.297 e. The first-order chi connectivity index (χ1) is 16.7. The van der Waals surface area contributed by atoms with Crippen LogP contribution in [-0.2, 0) is 19.0 Å². The van der Waals surface area contributed by atoms with Gasteiger partial charge < -0.3 is 9.84 Å². The average Bonchev–Trinajstić information content (AvgIpc) is 2.84. The summed E-state index contributed by atoms with van der Waals surface area (Å²) >= 11 is 0. The van der Waals surface area contributed by atoms with Crippen LogP contribution in [0.5, 0.6) is 0 Å². The number of ether oxygens (including phenoxy) is 1. The number of rotatable bonds is 8. The summed E-state index contributed by atoms with van der Waals surface area (Å²) < 4.78 is 35.9. The Morgan fingerprint density at radius 3 is 2.06 bits per heavy atom. The summed E-state index contributed by atoms with van der Waals surface area (Å²) in [6.07, 6.45) is -1.65. The van der Waals surface area contributed by atoms with Crippen molar-refractivity contribution in [2.45, 2.75) is 43.8 Å². The number of Topliss-reactive ketones (excluding diaryl/α,β-unsaturated/α-hetero) is 1. The van der Waals surface area contributed by atoms with E-state index in [1.807, 2.05) is 69.3 Å². The van der Waals surface area contributed by atoms with Gasteiger partial charge in [-0.15, -0.1) is 0 Å². The SMILES string of the molecule is Cc1ccc(C(=O)C2c3ccccc3[C@H](OCCOS(=O)(=O)c3ccc(C)cc3)[C@@H](O)[C@@H]2C)cc1. The lowest BCUT2D eigenvalue weighted by Crippen LogP contribution is -2.40. The van der Waals surface area contributed by atoms with Crippen LogP contribution in [0, 0.1) is 19.8 Å². The van der Waals surface area contributed by atoms with Crippen molar-refractivity contribution in [3.05, 3.63) is 101 Å². The van der Waals surface area contributed by atoms with Crippen LogP contribution < -0.4 is 0 Å². The number of carbonyl (C=O) groups excluding carboxylic acids is 1. The molecule has 0 aromatic heterocycles. The molecule has 0 spiro atoms. The van der Waals surface area contributed by atoms with Gasteiger partial charge in [0.25, 0.3) is 10.1 Å². The Labute approximate surface area is 206 Å². The van der Waals surface area contributed by atoms with E-state index in [-0.39, 0.29) is 23.9 Å². The Morgan fingerprint density at radius 2 is 1.43 bits per heavy atom. The van der Waals surface area contributed by atoms with Crippen LogP contribution in [0.25, 0.3) is 0 Å². The standard InChI is InChI=1S/C28H30O6S/c1-18-8-12-21(13-9-18)27(30)25-20(3)26(29)28(24-7-5-4-6-23(24)25)33-16-17-34-35(31,32)22-14-10-19(2)11-15-22/h4-15,20,25-26,28-29H,16-17H2,1-3H3/t20-,25?,26+,28+/m1/s1. The van der Waals surface area contributed by atoms with Gasteiger partial charge in [0.2, 0.25) is 0 Å². The summed E-state index contributed by atoms with van der Waals surface area (Å²) in [4.78, 5) is 13.5. The molecule has 0 aliphatic heterocycles. The van der Waals surface area contributed by atoms with Crippen LogP contribution in [-0.4, -0.2) is 38.6 Å². The second kappa shape index (κ2) is 10.4. The van der Waals surface area contributed by atoms with E-state index in [0.29, 0.717) is 5.56 Å². The fourth-order valence-corrected chi connectivity index (χ4v) is 5.44. The third kappa shape index (κ3) is 5.38. The van der Waals surface area contributed by atoms with Gasteiger partial charge in [-0.25, -0.2) is 0 Å². The fourth-order valence-electron chi connectivity index (χ4n) is 4.55. The van der Waals surface area contributed by atoms with Crippen LogP contribution in [0.1, 0.15) is 51.6 Å². The summed E-state index contributed by atoms with van der Waals surface area (Å²) in [6.45, 7) is 5.45. The van der Waals surface area contributed by atoms with Gasteiger partial charge in [0.05, 0.1) is 30.1 Å². The molecular weight excluding hydrogens is 464 g/mol. The van der Waals surface area contributed by atoms with Crippen LogP contribution in [0.15, 0.2) is 77.7 Å². The average molecular weight is 495 g/mol. The highest BCUT2D eigenvalue weighted by atomic mass is 32.2. The van der Waals surface area contributed by atoms with Crippen LogP contribution in [0.2, 0.25) is 0 Å². The normalized spacial score (nSPS) is 21.9. The Hall–Kier alpha value is -2.84. The van der Waals surface area contributed by atoms with Gasteiger partial charge in [-0.3, -0.25) is 8.98 Å². The largest absolute Gasteiger partial charge is 0.390 e. The van der Waals surface area contributed by atoms with E-state index < -0.39 is 34.2 Å². The van der Waals surface area contributed by atoms with Gasteiger partial charge in [-0.05, 0) is 43.0 Å². The van der Waals surface area contributed by atoms with E-state index in [4.69, 9.17) is 8.92 Å². The summed E-state index contributed by atoms with van der Waals surface area (Å²) in [5, 5.41) is 11.1. The van der Waals surface area contributed by atoms with Gasteiger partial charge in [0, 0.05) is 5.56 Å². The smallest absolute Gasteiger partial charge is 0.297 e. The zero-order valence-corrected chi connectivity index (χ0v) is 20.9. The molecule has 1 N–H and O–H groups in total. The second-order valence-electron chi connectivity index (χ2n) is 9.07. The number of carbonyl (C=O) groups is 1. The van der Waals surface area contributed by atoms with Gasteiger partial charge >= 0.3 is 0 Å². The Kier molecular flexibility index (Phi) is 7.52. The minimum Gasteiger partial charge on any atom is -0.390 e. The molecule has 35 heavy (non-hydrogen) atoms. The number of ketones is 1. The molecule has 0 bridgehead atoms. The number of benzene rings is 3. The molecule has 3 aromatic carbocycles. The lowest BCUT2D eigenvalue weighted by Gasteiger charge is -2.39. The van der Waals surface area contributed by atoms with Gasteiger partial charge in [-0.1, -0.05) is 78.7 Å². The highest BCUT2D eigenvalue weighted by Crippen LogP contribution is 2.44. The molecule has 0 heterocycles. The van der Waals surface area contributed by atoms with E-state index in [0.717, 1.165) is 22.3 Å². The molecule has 0 amide bonds. The molecule has 4 atom stereocenters. The Bertz CT molecular complexity index is 1280. The molecule has 3 aromatic rings. The van der Waals surface area contributed by atoms with Gasteiger partial charge in [0.15, 0.2) is 5.78 Å².